The highest BCUT2D eigenvalue weighted by Gasteiger charge is 2.40. The van der Waals surface area contributed by atoms with Crippen molar-refractivity contribution in [3.8, 4) is 0 Å². The molecule has 1 amide bonds. The predicted octanol–water partition coefficient (Wildman–Crippen LogP) is 5.23. The Labute approximate surface area is 202 Å². The fourth-order valence-corrected chi connectivity index (χ4v) is 6.22. The van der Waals surface area contributed by atoms with E-state index in [0.717, 1.165) is 28.2 Å². The van der Waals surface area contributed by atoms with Gasteiger partial charge < -0.3 is 4.90 Å². The molecular formula is C24H24ClFN2O3S2. The second kappa shape index (κ2) is 9.93. The molecule has 0 saturated heterocycles. The molecule has 1 heterocycles. The molecule has 1 fully saturated rings. The number of hydrogen-bond donors (Lipinski definition) is 0. The van der Waals surface area contributed by atoms with Gasteiger partial charge in [0, 0.05) is 27.4 Å². The van der Waals surface area contributed by atoms with Crippen LogP contribution < -0.4 is 0 Å². The monoisotopic (exact) mass is 506 g/mol. The first kappa shape index (κ1) is 23.9. The lowest BCUT2D eigenvalue weighted by Gasteiger charge is -2.27. The van der Waals surface area contributed by atoms with Gasteiger partial charge in [-0.05, 0) is 73.9 Å². The average Bonchev–Trinajstić information content (AvgIpc) is 3.54. The SMILES string of the molecule is Cc1ccc(CN(Cc2ccc(F)cc2)C(=O)CN(C2CC2)S(=O)(=O)c2ccc(Cl)cc2)s1. The maximum absolute atomic E-state index is 13.4. The first-order valence-electron chi connectivity index (χ1n) is 10.6. The van der Waals surface area contributed by atoms with Crippen LogP contribution >= 0.6 is 22.9 Å². The van der Waals surface area contributed by atoms with E-state index in [2.05, 4.69) is 0 Å². The van der Waals surface area contributed by atoms with Gasteiger partial charge >= 0.3 is 0 Å². The lowest BCUT2D eigenvalue weighted by atomic mass is 10.2. The molecule has 1 saturated carbocycles. The molecular weight excluding hydrogens is 483 g/mol. The minimum atomic E-state index is -3.85. The summed E-state index contributed by atoms with van der Waals surface area (Å²) in [5.74, 6) is -0.644. The standard InChI is InChI=1S/C24H24ClFN2O3S2/c1-17-2-11-22(32-17)15-27(14-18-3-7-20(26)8-4-18)24(29)16-28(21-9-10-21)33(30,31)23-12-5-19(25)6-13-23/h2-8,11-13,21H,9-10,14-16H2,1H3. The van der Waals surface area contributed by atoms with Gasteiger partial charge in [0.15, 0.2) is 0 Å². The zero-order valence-corrected chi connectivity index (χ0v) is 20.5. The Morgan fingerprint density at radius 2 is 1.70 bits per heavy atom. The van der Waals surface area contributed by atoms with Crippen molar-refractivity contribution in [3.05, 3.63) is 86.8 Å². The Kier molecular flexibility index (Phi) is 7.19. The zero-order valence-electron chi connectivity index (χ0n) is 18.1. The maximum atomic E-state index is 13.4. The van der Waals surface area contributed by atoms with Crippen LogP contribution in [0.1, 0.15) is 28.2 Å². The van der Waals surface area contributed by atoms with Crippen LogP contribution in [0.5, 0.6) is 0 Å². The summed E-state index contributed by atoms with van der Waals surface area (Å²) in [5.41, 5.74) is 0.775. The molecule has 0 atom stereocenters. The van der Waals surface area contributed by atoms with Gasteiger partial charge in [-0.1, -0.05) is 23.7 Å². The minimum Gasteiger partial charge on any atom is -0.332 e. The topological polar surface area (TPSA) is 57.7 Å². The molecule has 3 aromatic rings. The predicted molar refractivity (Wildman–Crippen MR) is 128 cm³/mol. The molecule has 0 N–H and O–H groups in total. The van der Waals surface area contributed by atoms with E-state index in [1.54, 1.807) is 28.4 Å². The van der Waals surface area contributed by atoms with Gasteiger partial charge in [0.2, 0.25) is 15.9 Å². The van der Waals surface area contributed by atoms with Crippen LogP contribution in [0.2, 0.25) is 5.02 Å². The lowest BCUT2D eigenvalue weighted by molar-refractivity contribution is -0.132. The van der Waals surface area contributed by atoms with Gasteiger partial charge in [0.1, 0.15) is 5.82 Å². The highest BCUT2D eigenvalue weighted by atomic mass is 35.5. The maximum Gasteiger partial charge on any atom is 0.243 e. The molecule has 1 aliphatic carbocycles. The smallest absolute Gasteiger partial charge is 0.243 e. The largest absolute Gasteiger partial charge is 0.332 e. The molecule has 0 spiro atoms. The van der Waals surface area contributed by atoms with Gasteiger partial charge in [-0.15, -0.1) is 11.3 Å². The number of hydrogen-bond acceptors (Lipinski definition) is 4. The molecule has 1 aliphatic rings. The van der Waals surface area contributed by atoms with E-state index in [4.69, 9.17) is 11.6 Å². The Morgan fingerprint density at radius 3 is 2.27 bits per heavy atom. The Bertz CT molecular complexity index is 1220. The van der Waals surface area contributed by atoms with E-state index in [9.17, 15) is 17.6 Å². The molecule has 33 heavy (non-hydrogen) atoms. The second-order valence-corrected chi connectivity index (χ2v) is 11.8. The third-order valence-corrected chi connectivity index (χ3v) is 8.60. The molecule has 4 rings (SSSR count). The number of thiophene rings is 1. The Morgan fingerprint density at radius 1 is 1.03 bits per heavy atom. The van der Waals surface area contributed by atoms with Crippen molar-refractivity contribution in [2.24, 2.45) is 0 Å². The summed E-state index contributed by atoms with van der Waals surface area (Å²) in [6, 6.07) is 15.7. The van der Waals surface area contributed by atoms with Crippen LogP contribution in [0.3, 0.4) is 0 Å². The third-order valence-electron chi connectivity index (χ3n) is 5.45. The first-order valence-corrected chi connectivity index (χ1v) is 13.2. The van der Waals surface area contributed by atoms with Crippen molar-refractivity contribution in [3.63, 3.8) is 0 Å². The molecule has 5 nitrogen and oxygen atoms in total. The summed E-state index contributed by atoms with van der Waals surface area (Å²) < 4.78 is 41.3. The Balaban J connectivity index is 1.58. The number of aryl methyl sites for hydroxylation is 1. The molecule has 1 aromatic heterocycles. The normalized spacial score (nSPS) is 13.9. The van der Waals surface area contributed by atoms with Gasteiger partial charge in [-0.3, -0.25) is 4.79 Å². The molecule has 0 unspecified atom stereocenters. The summed E-state index contributed by atoms with van der Waals surface area (Å²) in [6.07, 6.45) is 1.45. The van der Waals surface area contributed by atoms with Gasteiger partial charge in [-0.25, -0.2) is 12.8 Å². The summed E-state index contributed by atoms with van der Waals surface area (Å²) in [5, 5.41) is 0.444. The van der Waals surface area contributed by atoms with Gasteiger partial charge in [0.05, 0.1) is 18.0 Å². The van der Waals surface area contributed by atoms with E-state index < -0.39 is 10.0 Å². The number of halogens is 2. The number of nitrogens with zero attached hydrogens (tertiary/aromatic N) is 2. The van der Waals surface area contributed by atoms with Crippen molar-refractivity contribution in [1.29, 1.82) is 0 Å². The molecule has 0 bridgehead atoms. The summed E-state index contributed by atoms with van der Waals surface area (Å²) in [4.78, 5) is 17.3. The highest BCUT2D eigenvalue weighted by Crippen LogP contribution is 2.32. The number of rotatable bonds is 9. The Hall–Kier alpha value is -2.26. The van der Waals surface area contributed by atoms with Crippen LogP contribution in [0.4, 0.5) is 4.39 Å². The van der Waals surface area contributed by atoms with Crippen molar-refractivity contribution in [2.75, 3.05) is 6.54 Å². The summed E-state index contributed by atoms with van der Waals surface area (Å²) in [6.45, 7) is 2.36. The van der Waals surface area contributed by atoms with Crippen molar-refractivity contribution < 1.29 is 17.6 Å². The fraction of sp³-hybridized carbons (Fsp3) is 0.292. The van der Waals surface area contributed by atoms with E-state index in [1.807, 2.05) is 19.1 Å². The number of carbonyl (C=O) groups is 1. The lowest BCUT2D eigenvalue weighted by Crippen LogP contribution is -2.43. The first-order chi connectivity index (χ1) is 15.7. The van der Waals surface area contributed by atoms with E-state index in [1.165, 1.54) is 40.7 Å². The number of benzene rings is 2. The molecule has 2 aromatic carbocycles. The van der Waals surface area contributed by atoms with Crippen molar-refractivity contribution >= 4 is 38.9 Å². The molecule has 0 aliphatic heterocycles. The van der Waals surface area contributed by atoms with Crippen molar-refractivity contribution in [1.82, 2.24) is 9.21 Å². The minimum absolute atomic E-state index is 0.116. The number of sulfonamides is 1. The van der Waals surface area contributed by atoms with Crippen molar-refractivity contribution in [2.45, 2.75) is 43.8 Å². The average molecular weight is 507 g/mol. The molecule has 9 heteroatoms. The third kappa shape index (κ3) is 6.00. The zero-order chi connectivity index (χ0) is 23.6. The van der Waals surface area contributed by atoms with Crippen LogP contribution in [0.25, 0.3) is 0 Å². The summed E-state index contributed by atoms with van der Waals surface area (Å²) >= 11 is 7.51. The van der Waals surface area contributed by atoms with Crippen LogP contribution in [-0.2, 0) is 27.9 Å². The molecule has 0 radical (unpaired) electrons. The van der Waals surface area contributed by atoms with Gasteiger partial charge in [-0.2, -0.15) is 4.31 Å². The summed E-state index contributed by atoms with van der Waals surface area (Å²) in [7, 11) is -3.85. The number of carbonyl (C=O) groups excluding carboxylic acids is 1. The van der Waals surface area contributed by atoms with Crippen LogP contribution in [-0.4, -0.2) is 36.1 Å². The van der Waals surface area contributed by atoms with E-state index in [-0.39, 0.29) is 35.8 Å². The number of amides is 1. The second-order valence-electron chi connectivity index (χ2n) is 8.12. The quantitative estimate of drug-likeness (QED) is 0.399. The fourth-order valence-electron chi connectivity index (χ4n) is 3.55. The van der Waals surface area contributed by atoms with E-state index in [0.29, 0.717) is 11.6 Å². The molecule has 174 valence electrons. The highest BCUT2D eigenvalue weighted by molar-refractivity contribution is 7.89. The van der Waals surface area contributed by atoms with Crippen LogP contribution in [0, 0.1) is 12.7 Å². The van der Waals surface area contributed by atoms with Crippen LogP contribution in [0.15, 0.2) is 65.6 Å². The van der Waals surface area contributed by atoms with E-state index >= 15 is 0 Å². The van der Waals surface area contributed by atoms with Gasteiger partial charge in [0.25, 0.3) is 0 Å².